The Kier molecular flexibility index (Phi) is 4.72. The van der Waals surface area contributed by atoms with Gasteiger partial charge in [0.25, 0.3) is 0 Å². The van der Waals surface area contributed by atoms with Gasteiger partial charge in [-0.05, 0) is 35.8 Å². The number of nitrogens with zero attached hydrogens (tertiary/aromatic N) is 1. The molecule has 0 radical (unpaired) electrons. The van der Waals surface area contributed by atoms with Crippen LogP contribution in [0.25, 0.3) is 10.8 Å². The maximum Gasteiger partial charge on any atom is 0.329 e. The first kappa shape index (κ1) is 16.1. The molecule has 3 heterocycles. The zero-order valence-corrected chi connectivity index (χ0v) is 13.9. The fourth-order valence-corrected chi connectivity index (χ4v) is 4.33. The average molecular weight is 352 g/mol. The summed E-state index contributed by atoms with van der Waals surface area (Å²) in [6.07, 6.45) is 2.34. The van der Waals surface area contributed by atoms with Crippen molar-refractivity contribution < 1.29 is 19.1 Å². The van der Waals surface area contributed by atoms with Crippen molar-refractivity contribution in [2.24, 2.45) is 0 Å². The third kappa shape index (κ3) is 3.59. The van der Waals surface area contributed by atoms with E-state index in [1.54, 1.807) is 11.8 Å². The number of carbonyl (C=O) groups is 2. The van der Waals surface area contributed by atoms with Gasteiger partial charge in [0.05, 0.1) is 17.0 Å². The topological polar surface area (TPSA) is 92.4 Å². The van der Waals surface area contributed by atoms with Crippen LogP contribution in [0.4, 0.5) is 0 Å². The van der Waals surface area contributed by atoms with E-state index < -0.39 is 11.5 Å². The Labute approximate surface area is 141 Å². The molecule has 6 nitrogen and oxygen atoms in total. The molecule has 0 spiro atoms. The van der Waals surface area contributed by atoms with Crippen molar-refractivity contribution in [2.45, 2.75) is 24.8 Å². The lowest BCUT2D eigenvalue weighted by Gasteiger charge is -2.33. The summed E-state index contributed by atoms with van der Waals surface area (Å²) in [5.74, 6) is 0.638. The molecule has 8 heteroatoms. The molecule has 2 aromatic heterocycles. The highest BCUT2D eigenvalue weighted by atomic mass is 32.2. The Balaban J connectivity index is 1.66. The van der Waals surface area contributed by atoms with Crippen LogP contribution in [0.5, 0.6) is 0 Å². The number of oxazole rings is 1. The van der Waals surface area contributed by atoms with Crippen LogP contribution < -0.4 is 5.32 Å². The zero-order valence-electron chi connectivity index (χ0n) is 12.3. The summed E-state index contributed by atoms with van der Waals surface area (Å²) in [5, 5.41) is 14.1. The monoisotopic (exact) mass is 352 g/mol. The van der Waals surface area contributed by atoms with Gasteiger partial charge < -0.3 is 14.8 Å². The van der Waals surface area contributed by atoms with Gasteiger partial charge in [-0.1, -0.05) is 6.07 Å². The lowest BCUT2D eigenvalue weighted by Crippen LogP contribution is -2.56. The molecule has 2 N–H and O–H groups in total. The number of hydrogen-bond donors (Lipinski definition) is 2. The summed E-state index contributed by atoms with van der Waals surface area (Å²) < 4.78 is 5.37. The third-order valence-electron chi connectivity index (χ3n) is 3.76. The van der Waals surface area contributed by atoms with Crippen LogP contribution in [-0.2, 0) is 16.0 Å². The SMILES string of the molecule is O=C(Cc1coc(-c2cccs2)n1)NC1(C(=O)O)CCSCC1. The number of carboxylic acids is 1. The molecular formula is C15H16N2O4S2. The van der Waals surface area contributed by atoms with Gasteiger partial charge in [-0.3, -0.25) is 4.79 Å². The number of hydrogen-bond acceptors (Lipinski definition) is 6. The lowest BCUT2D eigenvalue weighted by molar-refractivity contribution is -0.148. The van der Waals surface area contributed by atoms with Crippen LogP contribution in [0.3, 0.4) is 0 Å². The minimum absolute atomic E-state index is 0.0110. The molecule has 1 aliphatic heterocycles. The fraction of sp³-hybridized carbons (Fsp3) is 0.400. The molecule has 1 saturated heterocycles. The molecule has 0 saturated carbocycles. The van der Waals surface area contributed by atoms with Gasteiger partial charge in [0.15, 0.2) is 0 Å². The molecule has 23 heavy (non-hydrogen) atoms. The molecule has 2 aromatic rings. The van der Waals surface area contributed by atoms with Crippen LogP contribution >= 0.6 is 23.1 Å². The maximum absolute atomic E-state index is 12.2. The summed E-state index contributed by atoms with van der Waals surface area (Å²) >= 11 is 3.21. The number of carbonyl (C=O) groups excluding carboxylic acids is 1. The summed E-state index contributed by atoms with van der Waals surface area (Å²) in [4.78, 5) is 29.0. The van der Waals surface area contributed by atoms with Gasteiger partial charge in [-0.25, -0.2) is 9.78 Å². The summed E-state index contributed by atoms with van der Waals surface area (Å²) in [7, 11) is 0. The van der Waals surface area contributed by atoms with E-state index in [0.717, 1.165) is 16.4 Å². The van der Waals surface area contributed by atoms with E-state index in [9.17, 15) is 14.7 Å². The predicted octanol–water partition coefficient (Wildman–Crippen LogP) is 2.41. The number of thioether (sulfide) groups is 1. The van der Waals surface area contributed by atoms with Crippen molar-refractivity contribution in [3.8, 4) is 10.8 Å². The summed E-state index contributed by atoms with van der Waals surface area (Å²) in [6, 6.07) is 3.79. The van der Waals surface area contributed by atoms with Crippen LogP contribution in [0, 0.1) is 0 Å². The second-order valence-electron chi connectivity index (χ2n) is 5.35. The minimum Gasteiger partial charge on any atom is -0.480 e. The van der Waals surface area contributed by atoms with E-state index in [1.165, 1.54) is 17.6 Å². The van der Waals surface area contributed by atoms with Gasteiger partial charge in [0, 0.05) is 0 Å². The second-order valence-corrected chi connectivity index (χ2v) is 7.52. The number of thiophene rings is 1. The highest BCUT2D eigenvalue weighted by Crippen LogP contribution is 2.28. The number of rotatable bonds is 5. The molecule has 3 rings (SSSR count). The molecule has 1 aliphatic rings. The minimum atomic E-state index is -1.15. The van der Waals surface area contributed by atoms with Crippen molar-refractivity contribution in [2.75, 3.05) is 11.5 Å². The normalized spacial score (nSPS) is 16.9. The van der Waals surface area contributed by atoms with E-state index in [4.69, 9.17) is 4.42 Å². The quantitative estimate of drug-likeness (QED) is 0.858. The molecule has 0 aromatic carbocycles. The molecule has 122 valence electrons. The van der Waals surface area contributed by atoms with Gasteiger partial charge in [0.1, 0.15) is 11.8 Å². The van der Waals surface area contributed by atoms with Crippen LogP contribution in [-0.4, -0.2) is 39.0 Å². The first-order valence-corrected chi connectivity index (χ1v) is 9.23. The van der Waals surface area contributed by atoms with Gasteiger partial charge in [-0.2, -0.15) is 11.8 Å². The average Bonchev–Trinajstić information content (AvgIpc) is 3.18. The van der Waals surface area contributed by atoms with E-state index in [-0.39, 0.29) is 12.3 Å². The largest absolute Gasteiger partial charge is 0.480 e. The molecule has 0 aliphatic carbocycles. The van der Waals surface area contributed by atoms with E-state index in [2.05, 4.69) is 10.3 Å². The van der Waals surface area contributed by atoms with E-state index in [1.807, 2.05) is 17.5 Å². The highest BCUT2D eigenvalue weighted by Gasteiger charge is 2.41. The zero-order chi connectivity index (χ0) is 16.3. The molecule has 0 atom stereocenters. The van der Waals surface area contributed by atoms with Gasteiger partial charge in [-0.15, -0.1) is 11.3 Å². The Morgan fingerprint density at radius 2 is 2.17 bits per heavy atom. The van der Waals surface area contributed by atoms with Crippen molar-refractivity contribution in [3.63, 3.8) is 0 Å². The Hall–Kier alpha value is -1.80. The molecule has 1 amide bonds. The Bertz CT molecular complexity index is 690. The summed E-state index contributed by atoms with van der Waals surface area (Å²) in [6.45, 7) is 0. The van der Waals surface area contributed by atoms with Gasteiger partial charge >= 0.3 is 5.97 Å². The summed E-state index contributed by atoms with van der Waals surface area (Å²) in [5.41, 5.74) is -0.653. The predicted molar refractivity (Wildman–Crippen MR) is 88.6 cm³/mol. The maximum atomic E-state index is 12.2. The first-order valence-electron chi connectivity index (χ1n) is 7.19. The number of carboxylic acid groups (broad SMARTS) is 1. The van der Waals surface area contributed by atoms with Crippen molar-refractivity contribution in [1.29, 1.82) is 0 Å². The third-order valence-corrected chi connectivity index (χ3v) is 5.60. The molecule has 0 unspecified atom stereocenters. The van der Waals surface area contributed by atoms with Gasteiger partial charge in [0.2, 0.25) is 11.8 Å². The van der Waals surface area contributed by atoms with Crippen LogP contribution in [0.1, 0.15) is 18.5 Å². The molecule has 0 bridgehead atoms. The lowest BCUT2D eigenvalue weighted by atomic mass is 9.92. The Morgan fingerprint density at radius 3 is 2.83 bits per heavy atom. The van der Waals surface area contributed by atoms with Crippen LogP contribution in [0.2, 0.25) is 0 Å². The van der Waals surface area contributed by atoms with Crippen LogP contribution in [0.15, 0.2) is 28.2 Å². The van der Waals surface area contributed by atoms with E-state index >= 15 is 0 Å². The standard InChI is InChI=1S/C15H16N2O4S2/c18-12(17-15(14(19)20)3-6-22-7-4-15)8-10-9-21-13(16-10)11-2-1-5-23-11/h1-2,5,9H,3-4,6-8H2,(H,17,18)(H,19,20). The van der Waals surface area contributed by atoms with Crippen molar-refractivity contribution >= 4 is 35.0 Å². The first-order chi connectivity index (χ1) is 11.1. The smallest absolute Gasteiger partial charge is 0.329 e. The number of aromatic nitrogens is 1. The number of nitrogens with one attached hydrogen (secondary N) is 1. The number of amides is 1. The Morgan fingerprint density at radius 1 is 1.39 bits per heavy atom. The molecular weight excluding hydrogens is 336 g/mol. The number of aliphatic carboxylic acids is 1. The second kappa shape index (κ2) is 6.76. The van der Waals surface area contributed by atoms with E-state index in [0.29, 0.717) is 24.4 Å². The van der Waals surface area contributed by atoms with Crippen molar-refractivity contribution in [3.05, 3.63) is 29.5 Å². The highest BCUT2D eigenvalue weighted by molar-refractivity contribution is 7.99. The molecule has 1 fully saturated rings. The van der Waals surface area contributed by atoms with Crippen molar-refractivity contribution in [1.82, 2.24) is 10.3 Å². The fourth-order valence-electron chi connectivity index (χ4n) is 2.49.